The second-order valence-electron chi connectivity index (χ2n) is 6.68. The van der Waals surface area contributed by atoms with E-state index in [4.69, 9.17) is 11.0 Å². The molecule has 4 heteroatoms. The molecule has 0 radical (unpaired) electrons. The minimum atomic E-state index is -0.525. The third-order valence-corrected chi connectivity index (χ3v) is 4.69. The molecule has 3 N–H and O–H groups in total. The second-order valence-corrected chi connectivity index (χ2v) is 6.68. The molecule has 0 bridgehead atoms. The molecule has 0 aliphatic heterocycles. The molecule has 4 nitrogen and oxygen atoms in total. The van der Waals surface area contributed by atoms with E-state index < -0.39 is 10.8 Å². The Labute approximate surface area is 126 Å². The Morgan fingerprint density at radius 1 is 1.43 bits per heavy atom. The molecule has 112 valence electrons. The maximum absolute atomic E-state index is 12.4. The Hall–Kier alpha value is -1.86. The molecule has 2 unspecified atom stereocenters. The number of nitrogens with zero attached hydrogens (tertiary/aromatic N) is 1. The number of hydrogen-bond donors (Lipinski definition) is 2. The minimum Gasteiger partial charge on any atom is -0.327 e. The van der Waals surface area contributed by atoms with Gasteiger partial charge in [-0.15, -0.1) is 0 Å². The van der Waals surface area contributed by atoms with Crippen molar-refractivity contribution in [2.45, 2.75) is 51.5 Å². The van der Waals surface area contributed by atoms with Gasteiger partial charge in [-0.05, 0) is 51.3 Å². The molecule has 0 heterocycles. The van der Waals surface area contributed by atoms with Gasteiger partial charge in [0.25, 0.3) is 0 Å². The highest BCUT2D eigenvalue weighted by atomic mass is 16.2. The molecule has 1 aromatic rings. The van der Waals surface area contributed by atoms with Gasteiger partial charge in [-0.1, -0.05) is 18.6 Å². The minimum absolute atomic E-state index is 0.0141. The van der Waals surface area contributed by atoms with Crippen LogP contribution in [-0.4, -0.2) is 11.9 Å². The zero-order valence-corrected chi connectivity index (χ0v) is 12.9. The first kappa shape index (κ1) is 15.5. The summed E-state index contributed by atoms with van der Waals surface area (Å²) >= 11 is 0. The smallest absolute Gasteiger partial charge is 0.231 e. The molecule has 1 saturated carbocycles. The molecular formula is C17H23N3O. The maximum atomic E-state index is 12.4. The SMILES string of the molecule is CC(C)(C#N)c1ccc(NC(=O)C2(C)CCCC2N)cc1. The lowest BCUT2D eigenvalue weighted by Crippen LogP contribution is -2.44. The summed E-state index contributed by atoms with van der Waals surface area (Å²) in [6, 6.07) is 9.65. The van der Waals surface area contributed by atoms with Crippen molar-refractivity contribution < 1.29 is 4.79 Å². The summed E-state index contributed by atoms with van der Waals surface area (Å²) < 4.78 is 0. The van der Waals surface area contributed by atoms with Gasteiger partial charge in [0.05, 0.1) is 16.9 Å². The van der Waals surface area contributed by atoms with Crippen molar-refractivity contribution in [3.8, 4) is 6.07 Å². The zero-order valence-electron chi connectivity index (χ0n) is 12.9. The first-order valence-corrected chi connectivity index (χ1v) is 7.38. The maximum Gasteiger partial charge on any atom is 0.231 e. The Bertz CT molecular complexity index is 571. The first-order valence-electron chi connectivity index (χ1n) is 7.38. The molecule has 0 spiro atoms. The summed E-state index contributed by atoms with van der Waals surface area (Å²) in [6.45, 7) is 5.69. The highest BCUT2D eigenvalue weighted by molar-refractivity contribution is 5.95. The fourth-order valence-corrected chi connectivity index (χ4v) is 2.78. The molecule has 1 amide bonds. The number of nitrogens with one attached hydrogen (secondary N) is 1. The standard InChI is InChI=1S/C17H23N3O/c1-16(2,11-18)12-6-8-13(9-7-12)20-15(21)17(3)10-4-5-14(17)19/h6-9,14H,4-5,10,19H2,1-3H3,(H,20,21). The van der Waals surface area contributed by atoms with Crippen LogP contribution in [0.5, 0.6) is 0 Å². The topological polar surface area (TPSA) is 78.9 Å². The van der Waals surface area contributed by atoms with E-state index >= 15 is 0 Å². The van der Waals surface area contributed by atoms with Crippen molar-refractivity contribution >= 4 is 11.6 Å². The van der Waals surface area contributed by atoms with Crippen LogP contribution >= 0.6 is 0 Å². The number of benzene rings is 1. The summed E-state index contributed by atoms with van der Waals surface area (Å²) in [7, 11) is 0. The van der Waals surface area contributed by atoms with Crippen LogP contribution in [0.2, 0.25) is 0 Å². The quantitative estimate of drug-likeness (QED) is 0.896. The molecule has 1 aliphatic rings. The lowest BCUT2D eigenvalue weighted by Gasteiger charge is -2.27. The van der Waals surface area contributed by atoms with E-state index in [2.05, 4.69) is 11.4 Å². The van der Waals surface area contributed by atoms with Gasteiger partial charge < -0.3 is 11.1 Å². The third kappa shape index (κ3) is 2.93. The van der Waals surface area contributed by atoms with Gasteiger partial charge in [-0.3, -0.25) is 4.79 Å². The third-order valence-electron chi connectivity index (χ3n) is 4.69. The van der Waals surface area contributed by atoms with Gasteiger partial charge in [0.15, 0.2) is 0 Å². The zero-order chi connectivity index (χ0) is 15.7. The number of amides is 1. The van der Waals surface area contributed by atoms with Crippen molar-refractivity contribution in [1.29, 1.82) is 5.26 Å². The van der Waals surface area contributed by atoms with E-state index in [1.165, 1.54) is 0 Å². The summed E-state index contributed by atoms with van der Waals surface area (Å²) in [6.07, 6.45) is 2.74. The van der Waals surface area contributed by atoms with Gasteiger partial charge in [0.2, 0.25) is 5.91 Å². The second kappa shape index (κ2) is 5.50. The number of carbonyl (C=O) groups excluding carboxylic acids is 1. The highest BCUT2D eigenvalue weighted by Gasteiger charge is 2.42. The molecular weight excluding hydrogens is 262 g/mol. The summed E-state index contributed by atoms with van der Waals surface area (Å²) in [5.41, 5.74) is 6.75. The molecule has 1 fully saturated rings. The Balaban J connectivity index is 2.11. The number of anilines is 1. The van der Waals surface area contributed by atoms with Gasteiger partial charge in [-0.25, -0.2) is 0 Å². The normalized spacial score (nSPS) is 25.4. The van der Waals surface area contributed by atoms with Gasteiger partial charge >= 0.3 is 0 Å². The highest BCUT2D eigenvalue weighted by Crippen LogP contribution is 2.37. The van der Waals surface area contributed by atoms with Crippen molar-refractivity contribution in [2.75, 3.05) is 5.32 Å². The van der Waals surface area contributed by atoms with Gasteiger partial charge in [0.1, 0.15) is 0 Å². The van der Waals surface area contributed by atoms with Crippen LogP contribution < -0.4 is 11.1 Å². The van der Waals surface area contributed by atoms with Crippen LogP contribution in [0, 0.1) is 16.7 Å². The Morgan fingerprint density at radius 3 is 2.52 bits per heavy atom. The molecule has 0 aromatic heterocycles. The first-order chi connectivity index (χ1) is 9.79. The van der Waals surface area contributed by atoms with Crippen LogP contribution in [0.15, 0.2) is 24.3 Å². The monoisotopic (exact) mass is 285 g/mol. The van der Waals surface area contributed by atoms with Crippen LogP contribution in [0.3, 0.4) is 0 Å². The van der Waals surface area contributed by atoms with E-state index in [9.17, 15) is 4.79 Å². The molecule has 2 atom stereocenters. The van der Waals surface area contributed by atoms with E-state index in [1.807, 2.05) is 45.0 Å². The predicted octanol–water partition coefficient (Wildman–Crippen LogP) is 2.94. The van der Waals surface area contributed by atoms with E-state index in [0.29, 0.717) is 0 Å². The summed E-state index contributed by atoms with van der Waals surface area (Å²) in [4.78, 5) is 12.4. The van der Waals surface area contributed by atoms with Crippen LogP contribution in [0.1, 0.15) is 45.6 Å². The number of nitrogens with two attached hydrogens (primary N) is 1. The number of rotatable bonds is 3. The van der Waals surface area contributed by atoms with Gasteiger partial charge in [0, 0.05) is 11.7 Å². The van der Waals surface area contributed by atoms with E-state index in [-0.39, 0.29) is 11.9 Å². The van der Waals surface area contributed by atoms with E-state index in [1.54, 1.807) is 0 Å². The molecule has 1 aliphatic carbocycles. The van der Waals surface area contributed by atoms with Crippen LogP contribution in [0.4, 0.5) is 5.69 Å². The van der Waals surface area contributed by atoms with Crippen molar-refractivity contribution in [2.24, 2.45) is 11.1 Å². The lowest BCUT2D eigenvalue weighted by atomic mass is 9.84. The summed E-state index contributed by atoms with van der Waals surface area (Å²) in [5.74, 6) is -0.0141. The van der Waals surface area contributed by atoms with E-state index in [0.717, 1.165) is 30.5 Å². The fourth-order valence-electron chi connectivity index (χ4n) is 2.78. The van der Waals surface area contributed by atoms with Gasteiger partial charge in [-0.2, -0.15) is 5.26 Å². The average molecular weight is 285 g/mol. The largest absolute Gasteiger partial charge is 0.327 e. The summed E-state index contributed by atoms with van der Waals surface area (Å²) in [5, 5.41) is 12.1. The fraction of sp³-hybridized carbons (Fsp3) is 0.529. The van der Waals surface area contributed by atoms with Crippen molar-refractivity contribution in [1.82, 2.24) is 0 Å². The predicted molar refractivity (Wildman–Crippen MR) is 83.6 cm³/mol. The molecule has 21 heavy (non-hydrogen) atoms. The molecule has 1 aromatic carbocycles. The Kier molecular flexibility index (Phi) is 4.06. The lowest BCUT2D eigenvalue weighted by molar-refractivity contribution is -0.125. The van der Waals surface area contributed by atoms with Crippen molar-refractivity contribution in [3.05, 3.63) is 29.8 Å². The Morgan fingerprint density at radius 2 is 2.05 bits per heavy atom. The number of hydrogen-bond acceptors (Lipinski definition) is 3. The molecule has 2 rings (SSSR count). The van der Waals surface area contributed by atoms with Crippen LogP contribution in [0.25, 0.3) is 0 Å². The van der Waals surface area contributed by atoms with Crippen molar-refractivity contribution in [3.63, 3.8) is 0 Å². The number of nitriles is 1. The molecule has 0 saturated heterocycles. The van der Waals surface area contributed by atoms with Crippen LogP contribution in [-0.2, 0) is 10.2 Å². The number of carbonyl (C=O) groups is 1. The average Bonchev–Trinajstić information content (AvgIpc) is 2.80.